The Labute approximate surface area is 108 Å². The summed E-state index contributed by atoms with van der Waals surface area (Å²) in [6.07, 6.45) is 1.65. The Balaban J connectivity index is 3.43. The van der Waals surface area contributed by atoms with Crippen LogP contribution in [0.2, 0.25) is 0 Å². The molecule has 0 fully saturated rings. The lowest BCUT2D eigenvalue weighted by Crippen LogP contribution is -2.49. The van der Waals surface area contributed by atoms with E-state index < -0.39 is 11.2 Å². The highest BCUT2D eigenvalue weighted by Crippen LogP contribution is 2.37. The molecule has 1 aromatic carbocycles. The standard InChI is InChI=1S/C15H19NO2/c1-12(2)10-14(3,17)15(11-16,18-4)13-8-6-5-7-9-13/h5-10,17H,1-4H3. The fourth-order valence-electron chi connectivity index (χ4n) is 2.18. The van der Waals surface area contributed by atoms with Crippen LogP contribution in [0.3, 0.4) is 0 Å². The van der Waals surface area contributed by atoms with Gasteiger partial charge >= 0.3 is 0 Å². The molecule has 0 aliphatic carbocycles. The topological polar surface area (TPSA) is 53.2 Å². The van der Waals surface area contributed by atoms with E-state index in [4.69, 9.17) is 4.74 Å². The van der Waals surface area contributed by atoms with Crippen LogP contribution in [0.15, 0.2) is 42.0 Å². The van der Waals surface area contributed by atoms with Crippen LogP contribution in [0.25, 0.3) is 0 Å². The van der Waals surface area contributed by atoms with Gasteiger partial charge in [-0.25, -0.2) is 0 Å². The second kappa shape index (κ2) is 5.34. The van der Waals surface area contributed by atoms with Crippen LogP contribution in [0.1, 0.15) is 26.3 Å². The molecule has 0 aliphatic heterocycles. The molecule has 0 bridgehead atoms. The van der Waals surface area contributed by atoms with E-state index in [1.165, 1.54) is 7.11 Å². The lowest BCUT2D eigenvalue weighted by atomic mass is 9.78. The molecule has 0 spiro atoms. The average Bonchev–Trinajstić information content (AvgIpc) is 2.30. The van der Waals surface area contributed by atoms with Gasteiger partial charge in [0.1, 0.15) is 11.7 Å². The summed E-state index contributed by atoms with van der Waals surface area (Å²) in [6.45, 7) is 5.33. The van der Waals surface area contributed by atoms with Gasteiger partial charge < -0.3 is 9.84 Å². The van der Waals surface area contributed by atoms with Gasteiger partial charge in [0.25, 0.3) is 0 Å². The first-order valence-electron chi connectivity index (χ1n) is 5.80. The number of aliphatic hydroxyl groups is 1. The maximum Gasteiger partial charge on any atom is 0.211 e. The van der Waals surface area contributed by atoms with Gasteiger partial charge in [-0.1, -0.05) is 42.0 Å². The third-order valence-electron chi connectivity index (χ3n) is 2.93. The molecule has 0 amide bonds. The predicted octanol–water partition coefficient (Wildman–Crippen LogP) is 2.77. The maximum atomic E-state index is 10.6. The Morgan fingerprint density at radius 2 is 1.89 bits per heavy atom. The van der Waals surface area contributed by atoms with E-state index in [-0.39, 0.29) is 0 Å². The number of hydrogen-bond acceptors (Lipinski definition) is 3. The van der Waals surface area contributed by atoms with E-state index in [9.17, 15) is 10.4 Å². The zero-order chi connectivity index (χ0) is 13.8. The van der Waals surface area contributed by atoms with Crippen molar-refractivity contribution in [3.63, 3.8) is 0 Å². The molecular formula is C15H19NO2. The number of methoxy groups -OCH3 is 1. The van der Waals surface area contributed by atoms with Gasteiger partial charge in [-0.2, -0.15) is 5.26 Å². The Hall–Kier alpha value is -1.63. The fraction of sp³-hybridized carbons (Fsp3) is 0.400. The van der Waals surface area contributed by atoms with Crippen molar-refractivity contribution in [1.82, 2.24) is 0 Å². The Bertz CT molecular complexity index is 467. The van der Waals surface area contributed by atoms with Gasteiger partial charge in [-0.15, -0.1) is 0 Å². The van der Waals surface area contributed by atoms with Crippen molar-refractivity contribution < 1.29 is 9.84 Å². The first kappa shape index (κ1) is 14.4. The van der Waals surface area contributed by atoms with E-state index in [2.05, 4.69) is 6.07 Å². The predicted molar refractivity (Wildman–Crippen MR) is 70.8 cm³/mol. The first-order valence-corrected chi connectivity index (χ1v) is 5.80. The molecule has 0 saturated carbocycles. The maximum absolute atomic E-state index is 10.6. The molecular weight excluding hydrogens is 226 g/mol. The van der Waals surface area contributed by atoms with Crippen LogP contribution < -0.4 is 0 Å². The summed E-state index contributed by atoms with van der Waals surface area (Å²) in [4.78, 5) is 0. The lowest BCUT2D eigenvalue weighted by molar-refractivity contribution is -0.105. The number of rotatable bonds is 4. The van der Waals surface area contributed by atoms with Crippen molar-refractivity contribution in [1.29, 1.82) is 5.26 Å². The summed E-state index contributed by atoms with van der Waals surface area (Å²) in [6, 6.07) is 11.2. The summed E-state index contributed by atoms with van der Waals surface area (Å²) in [5, 5.41) is 20.1. The summed E-state index contributed by atoms with van der Waals surface area (Å²) >= 11 is 0. The molecule has 0 saturated heterocycles. The lowest BCUT2D eigenvalue weighted by Gasteiger charge is -2.37. The van der Waals surface area contributed by atoms with E-state index in [1.807, 2.05) is 32.0 Å². The van der Waals surface area contributed by atoms with Crippen molar-refractivity contribution in [3.8, 4) is 6.07 Å². The van der Waals surface area contributed by atoms with Crippen molar-refractivity contribution in [2.45, 2.75) is 32.0 Å². The van der Waals surface area contributed by atoms with Crippen LogP contribution in [0.5, 0.6) is 0 Å². The quantitative estimate of drug-likeness (QED) is 0.830. The molecule has 3 nitrogen and oxygen atoms in total. The van der Waals surface area contributed by atoms with Crippen molar-refractivity contribution in [2.75, 3.05) is 7.11 Å². The highest BCUT2D eigenvalue weighted by Gasteiger charge is 2.48. The van der Waals surface area contributed by atoms with E-state index in [0.29, 0.717) is 5.56 Å². The number of hydrogen-bond donors (Lipinski definition) is 1. The summed E-state index contributed by atoms with van der Waals surface area (Å²) < 4.78 is 5.38. The van der Waals surface area contributed by atoms with Crippen molar-refractivity contribution >= 4 is 0 Å². The molecule has 0 aliphatic rings. The van der Waals surface area contributed by atoms with Crippen molar-refractivity contribution in [2.24, 2.45) is 0 Å². The Morgan fingerprint density at radius 3 is 2.28 bits per heavy atom. The zero-order valence-corrected chi connectivity index (χ0v) is 11.3. The molecule has 1 rings (SSSR count). The highest BCUT2D eigenvalue weighted by molar-refractivity contribution is 5.36. The monoisotopic (exact) mass is 245 g/mol. The van der Waals surface area contributed by atoms with Gasteiger partial charge in [-0.3, -0.25) is 0 Å². The van der Waals surface area contributed by atoms with Gasteiger partial charge in [0.05, 0.1) is 0 Å². The average molecular weight is 245 g/mol. The zero-order valence-electron chi connectivity index (χ0n) is 11.3. The molecule has 0 radical (unpaired) electrons. The number of ether oxygens (including phenoxy) is 1. The molecule has 1 aromatic rings. The fourth-order valence-corrected chi connectivity index (χ4v) is 2.18. The molecule has 3 heteroatoms. The minimum absolute atomic E-state index is 0.637. The van der Waals surface area contributed by atoms with Gasteiger partial charge in [0.2, 0.25) is 5.60 Å². The minimum Gasteiger partial charge on any atom is -0.381 e. The molecule has 18 heavy (non-hydrogen) atoms. The highest BCUT2D eigenvalue weighted by atomic mass is 16.5. The minimum atomic E-state index is -1.41. The molecule has 1 N–H and O–H groups in total. The number of nitrogens with zero attached hydrogens (tertiary/aromatic N) is 1. The van der Waals surface area contributed by atoms with Crippen LogP contribution in [-0.4, -0.2) is 17.8 Å². The van der Waals surface area contributed by atoms with Crippen LogP contribution in [0.4, 0.5) is 0 Å². The Kier molecular flexibility index (Phi) is 4.28. The third kappa shape index (κ3) is 2.45. The molecule has 0 heterocycles. The Morgan fingerprint density at radius 1 is 1.33 bits per heavy atom. The van der Waals surface area contributed by atoms with Crippen molar-refractivity contribution in [3.05, 3.63) is 47.5 Å². The van der Waals surface area contributed by atoms with E-state index >= 15 is 0 Å². The van der Waals surface area contributed by atoms with Gasteiger partial charge in [0, 0.05) is 12.7 Å². The second-order valence-electron chi connectivity index (χ2n) is 4.73. The first-order chi connectivity index (χ1) is 8.39. The summed E-state index contributed by atoms with van der Waals surface area (Å²) in [5.74, 6) is 0. The van der Waals surface area contributed by atoms with Crippen LogP contribution >= 0.6 is 0 Å². The largest absolute Gasteiger partial charge is 0.381 e. The van der Waals surface area contributed by atoms with E-state index in [1.54, 1.807) is 25.1 Å². The molecule has 2 unspecified atom stereocenters. The van der Waals surface area contributed by atoms with Gasteiger partial charge in [0.15, 0.2) is 0 Å². The molecule has 96 valence electrons. The van der Waals surface area contributed by atoms with Crippen LogP contribution in [0, 0.1) is 11.3 Å². The number of benzene rings is 1. The van der Waals surface area contributed by atoms with E-state index in [0.717, 1.165) is 5.57 Å². The number of allylic oxidation sites excluding steroid dienone is 1. The third-order valence-corrected chi connectivity index (χ3v) is 2.93. The summed E-state index contributed by atoms with van der Waals surface area (Å²) in [7, 11) is 1.43. The molecule has 2 atom stereocenters. The van der Waals surface area contributed by atoms with Crippen LogP contribution in [-0.2, 0) is 10.3 Å². The SMILES string of the molecule is COC(C#N)(c1ccccc1)C(C)(O)C=C(C)C. The second-order valence-corrected chi connectivity index (χ2v) is 4.73. The molecule has 0 aromatic heterocycles. The normalized spacial score (nSPS) is 17.1. The van der Waals surface area contributed by atoms with Gasteiger partial charge in [-0.05, 0) is 20.8 Å². The smallest absolute Gasteiger partial charge is 0.211 e. The number of nitriles is 1. The summed E-state index contributed by atoms with van der Waals surface area (Å²) in [5.41, 5.74) is -1.26.